The van der Waals surface area contributed by atoms with Crippen LogP contribution >= 0.6 is 0 Å². The van der Waals surface area contributed by atoms with Crippen molar-refractivity contribution < 1.29 is 33.3 Å². The minimum absolute atomic E-state index is 0.0605. The third-order valence-corrected chi connectivity index (χ3v) is 5.48. The van der Waals surface area contributed by atoms with Gasteiger partial charge in [-0.15, -0.1) is 0 Å². The molecule has 7 heteroatoms. The van der Waals surface area contributed by atoms with Gasteiger partial charge in [0, 0.05) is 18.1 Å². The Kier molecular flexibility index (Phi) is 6.77. The van der Waals surface area contributed by atoms with Gasteiger partial charge in [0.1, 0.15) is 11.9 Å². The summed E-state index contributed by atoms with van der Waals surface area (Å²) >= 11 is 0. The van der Waals surface area contributed by atoms with Gasteiger partial charge in [0.05, 0.1) is 34.9 Å². The van der Waals surface area contributed by atoms with E-state index in [1.807, 2.05) is 26.0 Å². The molecule has 0 bridgehead atoms. The summed E-state index contributed by atoms with van der Waals surface area (Å²) < 4.78 is 27.4. The number of methoxy groups -OCH3 is 4. The number of Topliss-reactive ketones (excluding diaryl/α,β-unsaturated/α-hetero) is 1. The molecule has 0 heterocycles. The van der Waals surface area contributed by atoms with Crippen molar-refractivity contribution >= 4 is 22.9 Å². The van der Waals surface area contributed by atoms with E-state index in [0.29, 0.717) is 34.0 Å². The Morgan fingerprint density at radius 3 is 1.78 bits per heavy atom. The quantitative estimate of drug-likeness (QED) is 0.598. The molecule has 0 spiro atoms. The average molecular weight is 440 g/mol. The fourth-order valence-corrected chi connectivity index (χ4v) is 4.28. The summed E-state index contributed by atoms with van der Waals surface area (Å²) in [5, 5.41) is 0. The van der Waals surface area contributed by atoms with Gasteiger partial charge in [0.2, 0.25) is 5.75 Å². The van der Waals surface area contributed by atoms with Gasteiger partial charge in [0.25, 0.3) is 0 Å². The number of rotatable bonds is 7. The third-order valence-electron chi connectivity index (χ3n) is 5.48. The van der Waals surface area contributed by atoms with Crippen LogP contribution in [-0.4, -0.2) is 46.3 Å². The molecule has 170 valence electrons. The second kappa shape index (κ2) is 9.34. The van der Waals surface area contributed by atoms with E-state index >= 15 is 0 Å². The normalized spacial score (nSPS) is 15.6. The lowest BCUT2D eigenvalue weighted by atomic mass is 9.92. The summed E-state index contributed by atoms with van der Waals surface area (Å²) in [7, 11) is 6.18. The van der Waals surface area contributed by atoms with Gasteiger partial charge in [-0.1, -0.05) is 0 Å². The molecular weight excluding hydrogens is 412 g/mol. The summed E-state index contributed by atoms with van der Waals surface area (Å²) in [4.78, 5) is 25.0. The van der Waals surface area contributed by atoms with Gasteiger partial charge in [-0.25, -0.2) is 0 Å². The summed E-state index contributed by atoms with van der Waals surface area (Å²) in [6.07, 6.45) is -0.633. The summed E-state index contributed by atoms with van der Waals surface area (Å²) in [6, 6.07) is 7.34. The van der Waals surface area contributed by atoms with E-state index < -0.39 is 12.1 Å². The topological polar surface area (TPSA) is 80.3 Å². The van der Waals surface area contributed by atoms with Crippen LogP contribution in [0.5, 0.6) is 23.0 Å². The first kappa shape index (κ1) is 23.2. The molecule has 0 saturated carbocycles. The highest BCUT2D eigenvalue weighted by molar-refractivity contribution is 6.32. The maximum absolute atomic E-state index is 13.2. The molecule has 1 atom stereocenters. The summed E-state index contributed by atoms with van der Waals surface area (Å²) in [5.41, 5.74) is 4.33. The average Bonchev–Trinajstić information content (AvgIpc) is 3.07. The highest BCUT2D eigenvalue weighted by Gasteiger charge is 2.37. The Morgan fingerprint density at radius 2 is 1.34 bits per heavy atom. The Hall–Kier alpha value is -3.48. The van der Waals surface area contributed by atoms with Crippen LogP contribution in [0.25, 0.3) is 11.1 Å². The maximum Gasteiger partial charge on any atom is 0.303 e. The van der Waals surface area contributed by atoms with E-state index in [9.17, 15) is 9.59 Å². The largest absolute Gasteiger partial charge is 0.496 e. The predicted octanol–water partition coefficient (Wildman–Crippen LogP) is 4.15. The van der Waals surface area contributed by atoms with E-state index in [1.54, 1.807) is 19.2 Å². The fraction of sp³-hybridized carbons (Fsp3) is 0.360. The zero-order valence-electron chi connectivity index (χ0n) is 19.5. The lowest BCUT2D eigenvalue weighted by molar-refractivity contribution is -0.144. The van der Waals surface area contributed by atoms with Crippen molar-refractivity contribution in [2.24, 2.45) is 0 Å². The molecule has 0 aromatic heterocycles. The van der Waals surface area contributed by atoms with E-state index in [1.165, 1.54) is 28.3 Å². The number of carbonyl (C=O) groups excluding carboxylic acids is 2. The van der Waals surface area contributed by atoms with E-state index in [0.717, 1.165) is 22.4 Å². The van der Waals surface area contributed by atoms with E-state index in [2.05, 4.69) is 0 Å². The molecule has 2 aromatic carbocycles. The minimum atomic E-state index is -0.693. The van der Waals surface area contributed by atoms with Gasteiger partial charge < -0.3 is 23.7 Å². The minimum Gasteiger partial charge on any atom is -0.496 e. The standard InChI is InChI=1S/C25H28O7/c1-13-8-16(9-14(2)24(13)30-6)23-19(32-15(3)26)12-18(27)22(23)17-10-20(28-4)25(31-7)21(11-17)29-5/h8-11,19H,12H2,1-7H3. The van der Waals surface area contributed by atoms with Crippen LogP contribution in [0.1, 0.15) is 35.6 Å². The first-order valence-corrected chi connectivity index (χ1v) is 10.2. The number of ether oxygens (including phenoxy) is 5. The molecule has 0 amide bonds. The number of hydrogen-bond donors (Lipinski definition) is 0. The van der Waals surface area contributed by atoms with Crippen molar-refractivity contribution in [3.63, 3.8) is 0 Å². The highest BCUT2D eigenvalue weighted by atomic mass is 16.5. The Balaban J connectivity index is 2.33. The fourth-order valence-electron chi connectivity index (χ4n) is 4.28. The smallest absolute Gasteiger partial charge is 0.303 e. The van der Waals surface area contributed by atoms with Gasteiger partial charge >= 0.3 is 5.97 Å². The van der Waals surface area contributed by atoms with Crippen molar-refractivity contribution in [1.29, 1.82) is 0 Å². The third kappa shape index (κ3) is 4.15. The molecule has 2 aromatic rings. The van der Waals surface area contributed by atoms with Crippen molar-refractivity contribution in [2.75, 3.05) is 28.4 Å². The van der Waals surface area contributed by atoms with Gasteiger partial charge in [0.15, 0.2) is 17.3 Å². The number of ketones is 1. The summed E-state index contributed by atoms with van der Waals surface area (Å²) in [6.45, 7) is 5.21. The zero-order valence-corrected chi connectivity index (χ0v) is 19.5. The lowest BCUT2D eigenvalue weighted by Gasteiger charge is -2.19. The molecule has 0 saturated heterocycles. The number of aryl methyl sites for hydroxylation is 2. The van der Waals surface area contributed by atoms with Crippen LogP contribution < -0.4 is 18.9 Å². The van der Waals surface area contributed by atoms with Crippen molar-refractivity contribution in [2.45, 2.75) is 33.3 Å². The van der Waals surface area contributed by atoms with Crippen LogP contribution in [0.2, 0.25) is 0 Å². The number of carbonyl (C=O) groups is 2. The van der Waals surface area contributed by atoms with Crippen LogP contribution in [-0.2, 0) is 14.3 Å². The molecule has 0 aliphatic heterocycles. The number of hydrogen-bond acceptors (Lipinski definition) is 7. The van der Waals surface area contributed by atoms with Crippen LogP contribution in [0.15, 0.2) is 24.3 Å². The second-order valence-electron chi connectivity index (χ2n) is 7.57. The Bertz CT molecular complexity index is 1050. The van der Waals surface area contributed by atoms with E-state index in [4.69, 9.17) is 23.7 Å². The molecule has 1 unspecified atom stereocenters. The molecule has 0 fully saturated rings. The lowest BCUT2D eigenvalue weighted by Crippen LogP contribution is -2.16. The van der Waals surface area contributed by atoms with Crippen molar-refractivity contribution in [1.82, 2.24) is 0 Å². The number of allylic oxidation sites excluding steroid dienone is 1. The van der Waals surface area contributed by atoms with Gasteiger partial charge in [-0.3, -0.25) is 9.59 Å². The summed E-state index contributed by atoms with van der Waals surface area (Å²) in [5.74, 6) is 1.48. The zero-order chi connectivity index (χ0) is 23.6. The Morgan fingerprint density at radius 1 is 0.812 bits per heavy atom. The van der Waals surface area contributed by atoms with Gasteiger partial charge in [-0.05, 0) is 60.4 Å². The van der Waals surface area contributed by atoms with Crippen molar-refractivity contribution in [3.8, 4) is 23.0 Å². The second-order valence-corrected chi connectivity index (χ2v) is 7.57. The SMILES string of the molecule is COc1cc(C2=C(c3cc(C)c(OC)c(C)c3)C(OC(C)=O)CC2=O)cc(OC)c1OC. The predicted molar refractivity (Wildman–Crippen MR) is 121 cm³/mol. The Labute approximate surface area is 187 Å². The molecular formula is C25H28O7. The van der Waals surface area contributed by atoms with Crippen molar-refractivity contribution in [3.05, 3.63) is 46.5 Å². The van der Waals surface area contributed by atoms with Gasteiger partial charge in [-0.2, -0.15) is 0 Å². The highest BCUT2D eigenvalue weighted by Crippen LogP contribution is 2.46. The molecule has 0 radical (unpaired) electrons. The molecule has 1 aliphatic carbocycles. The van der Waals surface area contributed by atoms with E-state index in [-0.39, 0.29) is 12.2 Å². The number of esters is 1. The maximum atomic E-state index is 13.2. The molecule has 3 rings (SSSR count). The monoisotopic (exact) mass is 440 g/mol. The van der Waals surface area contributed by atoms with Crippen LogP contribution in [0.3, 0.4) is 0 Å². The molecule has 0 N–H and O–H groups in total. The first-order chi connectivity index (χ1) is 15.2. The van der Waals surface area contributed by atoms with Crippen LogP contribution in [0, 0.1) is 13.8 Å². The number of benzene rings is 2. The molecule has 32 heavy (non-hydrogen) atoms. The molecule has 1 aliphatic rings. The molecule has 7 nitrogen and oxygen atoms in total. The first-order valence-electron chi connectivity index (χ1n) is 10.2. The van der Waals surface area contributed by atoms with Crippen LogP contribution in [0.4, 0.5) is 0 Å².